The van der Waals surface area contributed by atoms with Crippen molar-refractivity contribution >= 4 is 23.2 Å². The number of aryl methyl sites for hydroxylation is 1. The molecule has 2 amide bonds. The van der Waals surface area contributed by atoms with Gasteiger partial charge in [-0.3, -0.25) is 20.1 Å². The minimum absolute atomic E-state index is 0.209. The van der Waals surface area contributed by atoms with Crippen LogP contribution >= 0.6 is 0 Å². The highest BCUT2D eigenvalue weighted by atomic mass is 19.1. The number of nitrogen functional groups attached to an aromatic ring is 1. The zero-order chi connectivity index (χ0) is 27.7. The van der Waals surface area contributed by atoms with E-state index in [0.29, 0.717) is 5.69 Å². The molecule has 2 saturated heterocycles. The lowest BCUT2D eigenvalue weighted by atomic mass is 9.84. The van der Waals surface area contributed by atoms with E-state index in [-0.39, 0.29) is 17.9 Å². The standard InChI is InChI=1S/C33H38FN5O/c1-23-13-14-27(35)21-30(23)25-8-5-7-24(19-25)22-38-17-15-33(16-18-38)31(36-28-10-3-2-4-11-28)37-32(40)39(33)29-12-6-9-26(34)20-29/h5-9,12-14,19-21,28H,2-4,10-11,15-18,22,35H2,1H3,(H,36,37,40). The normalized spacial score (nSPS) is 20.8. The molecule has 1 saturated carbocycles. The van der Waals surface area contributed by atoms with E-state index in [2.05, 4.69) is 47.5 Å². The van der Waals surface area contributed by atoms with Crippen LogP contribution in [0.4, 0.5) is 20.6 Å². The topological polar surface area (TPSA) is 74.0 Å². The number of aliphatic imine (C=N–C) groups is 1. The minimum atomic E-state index is -0.584. The summed E-state index contributed by atoms with van der Waals surface area (Å²) in [5, 5.41) is 3.12. The highest BCUT2D eigenvalue weighted by Gasteiger charge is 2.53. The third-order valence-electron chi connectivity index (χ3n) is 8.84. The molecule has 0 aromatic heterocycles. The molecule has 208 valence electrons. The average Bonchev–Trinajstić information content (AvgIpc) is 3.21. The number of carbonyl (C=O) groups excluding carboxylic acids is 1. The molecule has 3 aromatic rings. The van der Waals surface area contributed by atoms with E-state index < -0.39 is 5.54 Å². The Bertz CT molecular complexity index is 1420. The van der Waals surface area contributed by atoms with Crippen LogP contribution in [0.3, 0.4) is 0 Å². The molecule has 0 radical (unpaired) electrons. The van der Waals surface area contributed by atoms with Crippen molar-refractivity contribution in [3.63, 3.8) is 0 Å². The van der Waals surface area contributed by atoms with Gasteiger partial charge >= 0.3 is 6.03 Å². The molecule has 3 N–H and O–H groups in total. The molecule has 1 aliphatic carbocycles. The summed E-state index contributed by atoms with van der Waals surface area (Å²) in [5.74, 6) is 0.429. The second-order valence-electron chi connectivity index (χ2n) is 11.6. The van der Waals surface area contributed by atoms with Crippen molar-refractivity contribution in [2.24, 2.45) is 4.99 Å². The van der Waals surface area contributed by atoms with E-state index in [1.165, 1.54) is 48.1 Å². The van der Waals surface area contributed by atoms with Crippen LogP contribution in [0.15, 0.2) is 71.7 Å². The first-order chi connectivity index (χ1) is 19.4. The second kappa shape index (κ2) is 11.0. The molecule has 6 nitrogen and oxygen atoms in total. The third-order valence-corrected chi connectivity index (χ3v) is 8.84. The van der Waals surface area contributed by atoms with Gasteiger partial charge in [0, 0.05) is 31.0 Å². The average molecular weight is 540 g/mol. The lowest BCUT2D eigenvalue weighted by Gasteiger charge is -2.44. The summed E-state index contributed by atoms with van der Waals surface area (Å²) >= 11 is 0. The van der Waals surface area contributed by atoms with Crippen LogP contribution < -0.4 is 16.0 Å². The van der Waals surface area contributed by atoms with Gasteiger partial charge in [-0.25, -0.2) is 9.18 Å². The zero-order valence-corrected chi connectivity index (χ0v) is 23.2. The van der Waals surface area contributed by atoms with Crippen molar-refractivity contribution in [1.82, 2.24) is 10.2 Å². The van der Waals surface area contributed by atoms with Crippen molar-refractivity contribution in [1.29, 1.82) is 0 Å². The van der Waals surface area contributed by atoms with E-state index >= 15 is 0 Å². The number of benzene rings is 3. The van der Waals surface area contributed by atoms with Gasteiger partial charge in [-0.15, -0.1) is 0 Å². The van der Waals surface area contributed by atoms with E-state index in [1.54, 1.807) is 11.0 Å². The third kappa shape index (κ3) is 5.22. The predicted octanol–water partition coefficient (Wildman–Crippen LogP) is 6.68. The fraction of sp³-hybridized carbons (Fsp3) is 0.394. The summed E-state index contributed by atoms with van der Waals surface area (Å²) in [5.41, 5.74) is 11.6. The number of nitrogens with one attached hydrogen (secondary N) is 1. The monoisotopic (exact) mass is 539 g/mol. The molecule has 3 aliphatic rings. The van der Waals surface area contributed by atoms with Gasteiger partial charge in [0.25, 0.3) is 0 Å². The number of nitrogens with two attached hydrogens (primary N) is 1. The van der Waals surface area contributed by atoms with Crippen LogP contribution in [0.1, 0.15) is 56.1 Å². The Labute approximate surface area is 236 Å². The molecule has 2 heterocycles. The zero-order valence-electron chi connectivity index (χ0n) is 23.2. The number of urea groups is 1. The van der Waals surface area contributed by atoms with Crippen LogP contribution in [0, 0.1) is 12.7 Å². The summed E-state index contributed by atoms with van der Waals surface area (Å²) in [6.07, 6.45) is 7.20. The summed E-state index contributed by atoms with van der Waals surface area (Å²) < 4.78 is 14.3. The van der Waals surface area contributed by atoms with E-state index in [4.69, 9.17) is 10.7 Å². The molecular formula is C33H38FN5O. The van der Waals surface area contributed by atoms with Gasteiger partial charge in [0.2, 0.25) is 0 Å². The maximum atomic E-state index is 14.3. The molecule has 2 aliphatic heterocycles. The molecular weight excluding hydrogens is 501 g/mol. The SMILES string of the molecule is Cc1ccc(N)cc1-c1cccc(CN2CCC3(CC2)C(=NC2CCCCC2)NC(=O)N3c2cccc(F)c2)c1. The number of likely N-dealkylation sites (tertiary alicyclic amines) is 1. The van der Waals surface area contributed by atoms with Gasteiger partial charge in [-0.2, -0.15) is 0 Å². The minimum Gasteiger partial charge on any atom is -0.399 e. The van der Waals surface area contributed by atoms with Crippen LogP contribution in [0.5, 0.6) is 0 Å². The van der Waals surface area contributed by atoms with Gasteiger partial charge in [0.1, 0.15) is 17.2 Å². The van der Waals surface area contributed by atoms with E-state index in [9.17, 15) is 9.18 Å². The first-order valence-electron chi connectivity index (χ1n) is 14.5. The molecule has 7 heteroatoms. The van der Waals surface area contributed by atoms with Gasteiger partial charge in [-0.1, -0.05) is 49.6 Å². The van der Waals surface area contributed by atoms with Crippen molar-refractivity contribution in [2.75, 3.05) is 23.7 Å². The van der Waals surface area contributed by atoms with Crippen LogP contribution in [-0.4, -0.2) is 41.4 Å². The maximum Gasteiger partial charge on any atom is 0.328 e. The Morgan fingerprint density at radius 3 is 2.55 bits per heavy atom. The van der Waals surface area contributed by atoms with Gasteiger partial charge in [0.15, 0.2) is 0 Å². The smallest absolute Gasteiger partial charge is 0.328 e. The number of piperidine rings is 1. The van der Waals surface area contributed by atoms with Crippen molar-refractivity contribution < 1.29 is 9.18 Å². The Balaban J connectivity index is 1.25. The summed E-state index contributed by atoms with van der Waals surface area (Å²) in [6.45, 7) is 4.55. The Morgan fingerprint density at radius 1 is 1.00 bits per heavy atom. The molecule has 40 heavy (non-hydrogen) atoms. The Morgan fingerprint density at radius 2 is 1.77 bits per heavy atom. The number of anilines is 2. The Hall–Kier alpha value is -3.71. The van der Waals surface area contributed by atoms with Crippen LogP contribution in [0.25, 0.3) is 11.1 Å². The number of amidine groups is 1. The molecule has 0 unspecified atom stereocenters. The van der Waals surface area contributed by atoms with Crippen molar-refractivity contribution in [2.45, 2.75) is 70.0 Å². The van der Waals surface area contributed by atoms with Gasteiger partial charge in [0.05, 0.1) is 6.04 Å². The predicted molar refractivity (Wildman–Crippen MR) is 160 cm³/mol. The molecule has 0 atom stereocenters. The summed E-state index contributed by atoms with van der Waals surface area (Å²) in [7, 11) is 0. The van der Waals surface area contributed by atoms with Crippen LogP contribution in [0.2, 0.25) is 0 Å². The largest absolute Gasteiger partial charge is 0.399 e. The molecule has 3 fully saturated rings. The fourth-order valence-corrected chi connectivity index (χ4v) is 6.69. The molecule has 0 bridgehead atoms. The molecule has 3 aromatic carbocycles. The highest BCUT2D eigenvalue weighted by Crippen LogP contribution is 2.39. The number of amides is 2. The fourth-order valence-electron chi connectivity index (χ4n) is 6.69. The van der Waals surface area contributed by atoms with Crippen LogP contribution in [-0.2, 0) is 6.54 Å². The number of halogens is 1. The maximum absolute atomic E-state index is 14.3. The summed E-state index contributed by atoms with van der Waals surface area (Å²) in [6, 6.07) is 21.1. The lowest BCUT2D eigenvalue weighted by molar-refractivity contribution is 0.184. The number of rotatable bonds is 5. The van der Waals surface area contributed by atoms with Gasteiger partial charge < -0.3 is 5.73 Å². The number of hydrogen-bond acceptors (Lipinski definition) is 4. The van der Waals surface area contributed by atoms with E-state index in [0.717, 1.165) is 62.4 Å². The first-order valence-corrected chi connectivity index (χ1v) is 14.5. The lowest BCUT2D eigenvalue weighted by Crippen LogP contribution is -2.57. The van der Waals surface area contributed by atoms with Crippen molar-refractivity contribution in [3.05, 3.63) is 83.7 Å². The Kier molecular flexibility index (Phi) is 7.32. The van der Waals surface area contributed by atoms with Gasteiger partial charge in [-0.05, 0) is 91.3 Å². The number of nitrogens with zero attached hydrogens (tertiary/aromatic N) is 3. The highest BCUT2D eigenvalue weighted by molar-refractivity contribution is 6.19. The number of carbonyl (C=O) groups is 1. The quantitative estimate of drug-likeness (QED) is 0.355. The van der Waals surface area contributed by atoms with E-state index in [1.807, 2.05) is 18.2 Å². The number of hydrogen-bond donors (Lipinski definition) is 2. The molecule has 1 spiro atoms. The van der Waals surface area contributed by atoms with Crippen molar-refractivity contribution in [3.8, 4) is 11.1 Å². The molecule has 6 rings (SSSR count). The summed E-state index contributed by atoms with van der Waals surface area (Å²) in [4.78, 5) is 22.8. The first kappa shape index (κ1) is 26.5. The second-order valence-corrected chi connectivity index (χ2v) is 11.6.